The van der Waals surface area contributed by atoms with Gasteiger partial charge < -0.3 is 5.32 Å². The molecule has 0 unspecified atom stereocenters. The quantitative estimate of drug-likeness (QED) is 0.754. The third-order valence-corrected chi connectivity index (χ3v) is 4.85. The van der Waals surface area contributed by atoms with Crippen molar-refractivity contribution in [2.45, 2.75) is 45.4 Å². The highest BCUT2D eigenvalue weighted by molar-refractivity contribution is 7.89. The summed E-state index contributed by atoms with van der Waals surface area (Å²) in [6.45, 7) is 7.80. The Morgan fingerprint density at radius 3 is 2.24 bits per heavy atom. The highest BCUT2D eigenvalue weighted by Gasteiger charge is 2.20. The molecule has 118 valence electrons. The zero-order chi connectivity index (χ0) is 16.0. The zero-order valence-electron chi connectivity index (χ0n) is 13.1. The Bertz CT molecular complexity index is 586. The number of carbonyl (C=O) groups is 1. The number of unbranched alkanes of at least 4 members (excludes halogenated alkanes) is 1. The molecule has 0 spiro atoms. The van der Waals surface area contributed by atoms with E-state index in [9.17, 15) is 13.2 Å². The van der Waals surface area contributed by atoms with Gasteiger partial charge in [0.2, 0.25) is 15.9 Å². The lowest BCUT2D eigenvalue weighted by Gasteiger charge is -2.13. The van der Waals surface area contributed by atoms with Gasteiger partial charge in [-0.25, -0.2) is 13.1 Å². The van der Waals surface area contributed by atoms with Crippen LogP contribution in [0, 0.1) is 20.8 Å². The van der Waals surface area contributed by atoms with Crippen molar-refractivity contribution in [1.82, 2.24) is 10.0 Å². The molecule has 1 amide bonds. The van der Waals surface area contributed by atoms with Gasteiger partial charge in [0.1, 0.15) is 0 Å². The van der Waals surface area contributed by atoms with Crippen LogP contribution in [0.4, 0.5) is 0 Å². The topological polar surface area (TPSA) is 75.3 Å². The monoisotopic (exact) mass is 312 g/mol. The van der Waals surface area contributed by atoms with E-state index >= 15 is 0 Å². The van der Waals surface area contributed by atoms with Gasteiger partial charge in [0.05, 0.1) is 11.4 Å². The Morgan fingerprint density at radius 1 is 1.14 bits per heavy atom. The van der Waals surface area contributed by atoms with Crippen LogP contribution in [-0.4, -0.2) is 27.4 Å². The lowest BCUT2D eigenvalue weighted by molar-refractivity contribution is -0.119. The molecule has 0 radical (unpaired) electrons. The minimum Gasteiger partial charge on any atom is -0.355 e. The number of sulfonamides is 1. The Balaban J connectivity index is 2.77. The summed E-state index contributed by atoms with van der Waals surface area (Å²) in [5.41, 5.74) is 2.39. The van der Waals surface area contributed by atoms with Gasteiger partial charge in [0, 0.05) is 6.54 Å². The van der Waals surface area contributed by atoms with Crippen LogP contribution in [0.25, 0.3) is 0 Å². The van der Waals surface area contributed by atoms with Gasteiger partial charge >= 0.3 is 0 Å². The van der Waals surface area contributed by atoms with E-state index in [1.807, 2.05) is 26.0 Å². The molecule has 0 aliphatic rings. The summed E-state index contributed by atoms with van der Waals surface area (Å²) in [6, 6.07) is 3.64. The second-order valence-corrected chi connectivity index (χ2v) is 6.96. The lowest BCUT2D eigenvalue weighted by atomic mass is 10.1. The van der Waals surface area contributed by atoms with Crippen molar-refractivity contribution in [3.8, 4) is 0 Å². The molecular formula is C15H24N2O3S. The maximum atomic E-state index is 12.3. The van der Waals surface area contributed by atoms with Gasteiger partial charge in [0.15, 0.2) is 0 Å². The predicted octanol–water partition coefficient (Wildman–Crippen LogP) is 1.81. The number of carbonyl (C=O) groups excluding carboxylic acids is 1. The van der Waals surface area contributed by atoms with Crippen LogP contribution in [0.5, 0.6) is 0 Å². The van der Waals surface area contributed by atoms with Gasteiger partial charge in [-0.3, -0.25) is 4.79 Å². The number of rotatable bonds is 7. The molecule has 0 fully saturated rings. The molecule has 0 atom stereocenters. The van der Waals surface area contributed by atoms with E-state index in [1.165, 1.54) is 0 Å². The molecule has 0 aliphatic carbocycles. The average Bonchev–Trinajstić information content (AvgIpc) is 2.35. The van der Waals surface area contributed by atoms with E-state index < -0.39 is 10.0 Å². The summed E-state index contributed by atoms with van der Waals surface area (Å²) < 4.78 is 27.0. The van der Waals surface area contributed by atoms with Crippen molar-refractivity contribution < 1.29 is 13.2 Å². The van der Waals surface area contributed by atoms with Gasteiger partial charge in [-0.1, -0.05) is 31.0 Å². The average molecular weight is 312 g/mol. The van der Waals surface area contributed by atoms with Gasteiger partial charge in [-0.15, -0.1) is 0 Å². The van der Waals surface area contributed by atoms with E-state index in [-0.39, 0.29) is 17.3 Å². The van der Waals surface area contributed by atoms with E-state index in [0.29, 0.717) is 17.7 Å². The van der Waals surface area contributed by atoms with E-state index in [2.05, 4.69) is 10.0 Å². The van der Waals surface area contributed by atoms with Crippen molar-refractivity contribution in [3.63, 3.8) is 0 Å². The molecule has 1 rings (SSSR count). The summed E-state index contributed by atoms with van der Waals surface area (Å²) in [6.07, 6.45) is 1.86. The smallest absolute Gasteiger partial charge is 0.241 e. The molecule has 0 bridgehead atoms. The molecule has 0 saturated heterocycles. The minimum atomic E-state index is -3.67. The predicted molar refractivity (Wildman–Crippen MR) is 83.8 cm³/mol. The van der Waals surface area contributed by atoms with Crippen molar-refractivity contribution in [1.29, 1.82) is 0 Å². The molecular weight excluding hydrogens is 288 g/mol. The summed E-state index contributed by atoms with van der Waals surface area (Å²) in [5.74, 6) is -0.311. The highest BCUT2D eigenvalue weighted by Crippen LogP contribution is 2.21. The maximum absolute atomic E-state index is 12.3. The largest absolute Gasteiger partial charge is 0.355 e. The molecule has 5 nitrogen and oxygen atoms in total. The number of aryl methyl sites for hydroxylation is 3. The molecule has 6 heteroatoms. The number of hydrogen-bond acceptors (Lipinski definition) is 3. The standard InChI is InChI=1S/C15H24N2O3S/c1-5-6-7-16-14(18)10-17-21(19,20)15-12(3)8-11(2)9-13(15)4/h8-9,17H,5-7,10H2,1-4H3,(H,16,18). The first-order chi connectivity index (χ1) is 9.77. The summed E-state index contributed by atoms with van der Waals surface area (Å²) >= 11 is 0. The molecule has 0 aromatic heterocycles. The van der Waals surface area contributed by atoms with Crippen molar-refractivity contribution in [2.75, 3.05) is 13.1 Å². The van der Waals surface area contributed by atoms with Gasteiger partial charge in [-0.2, -0.15) is 0 Å². The van der Waals surface area contributed by atoms with E-state index in [4.69, 9.17) is 0 Å². The molecule has 0 aliphatic heterocycles. The summed E-state index contributed by atoms with van der Waals surface area (Å²) in [4.78, 5) is 11.8. The summed E-state index contributed by atoms with van der Waals surface area (Å²) in [7, 11) is -3.67. The Kier molecular flexibility index (Phi) is 6.36. The van der Waals surface area contributed by atoms with Gasteiger partial charge in [0.25, 0.3) is 0 Å². The highest BCUT2D eigenvalue weighted by atomic mass is 32.2. The van der Waals surface area contributed by atoms with Crippen molar-refractivity contribution in [2.24, 2.45) is 0 Å². The van der Waals surface area contributed by atoms with Crippen molar-refractivity contribution >= 4 is 15.9 Å². The summed E-state index contributed by atoms with van der Waals surface area (Å²) in [5, 5.41) is 2.68. The van der Waals surface area contributed by atoms with E-state index in [1.54, 1.807) is 13.8 Å². The van der Waals surface area contributed by atoms with Crippen LogP contribution in [0.1, 0.15) is 36.5 Å². The molecule has 1 aromatic rings. The Labute approximate surface area is 127 Å². The first kappa shape index (κ1) is 17.7. The molecule has 2 N–H and O–H groups in total. The SMILES string of the molecule is CCCCNC(=O)CNS(=O)(=O)c1c(C)cc(C)cc1C. The lowest BCUT2D eigenvalue weighted by Crippen LogP contribution is -2.37. The molecule has 1 aromatic carbocycles. The van der Waals surface area contributed by atoms with E-state index in [0.717, 1.165) is 18.4 Å². The second-order valence-electron chi connectivity index (χ2n) is 5.26. The molecule has 0 heterocycles. The fourth-order valence-electron chi connectivity index (χ4n) is 2.29. The van der Waals surface area contributed by atoms with Crippen LogP contribution in [0.2, 0.25) is 0 Å². The molecule has 21 heavy (non-hydrogen) atoms. The maximum Gasteiger partial charge on any atom is 0.241 e. The van der Waals surface area contributed by atoms with Crippen LogP contribution in [0.3, 0.4) is 0 Å². The first-order valence-electron chi connectivity index (χ1n) is 7.12. The Hall–Kier alpha value is -1.40. The fraction of sp³-hybridized carbons (Fsp3) is 0.533. The van der Waals surface area contributed by atoms with Crippen molar-refractivity contribution in [3.05, 3.63) is 28.8 Å². The third kappa shape index (κ3) is 5.13. The van der Waals surface area contributed by atoms with Crippen LogP contribution in [0.15, 0.2) is 17.0 Å². The van der Waals surface area contributed by atoms with Crippen LogP contribution in [-0.2, 0) is 14.8 Å². The fourth-order valence-corrected chi connectivity index (χ4v) is 3.72. The van der Waals surface area contributed by atoms with Crippen LogP contribution >= 0.6 is 0 Å². The number of amides is 1. The number of hydrogen-bond donors (Lipinski definition) is 2. The number of benzene rings is 1. The normalized spacial score (nSPS) is 11.4. The minimum absolute atomic E-state index is 0.237. The zero-order valence-corrected chi connectivity index (χ0v) is 13.9. The first-order valence-corrected chi connectivity index (χ1v) is 8.60. The number of nitrogens with one attached hydrogen (secondary N) is 2. The second kappa shape index (κ2) is 7.56. The van der Waals surface area contributed by atoms with Crippen LogP contribution < -0.4 is 10.0 Å². The molecule has 0 saturated carbocycles. The third-order valence-electron chi connectivity index (χ3n) is 3.15. The Morgan fingerprint density at radius 2 is 1.71 bits per heavy atom. The van der Waals surface area contributed by atoms with Gasteiger partial charge in [-0.05, 0) is 38.3 Å².